The van der Waals surface area contributed by atoms with Crippen LogP contribution >= 0.6 is 0 Å². The molecule has 3 aromatic carbocycles. The number of amides is 1. The van der Waals surface area contributed by atoms with E-state index in [4.69, 9.17) is 11.5 Å². The summed E-state index contributed by atoms with van der Waals surface area (Å²) in [5.41, 5.74) is 15.9. The highest BCUT2D eigenvalue weighted by atomic mass is 16.3. The molecule has 1 heterocycles. The number of hydrogen-bond donors (Lipinski definition) is 4. The molecule has 0 atom stereocenters. The molecule has 0 radical (unpaired) electrons. The quantitative estimate of drug-likeness (QED) is 0.429. The summed E-state index contributed by atoms with van der Waals surface area (Å²) in [5, 5.41) is 18.6. The molecule has 6 nitrogen and oxygen atoms in total. The molecular formula is C22H20N4O2. The maximum absolute atomic E-state index is 11.6. The maximum Gasteiger partial charge on any atom is 0.248 e. The van der Waals surface area contributed by atoms with E-state index < -0.39 is 5.91 Å². The van der Waals surface area contributed by atoms with Gasteiger partial charge >= 0.3 is 0 Å². The summed E-state index contributed by atoms with van der Waals surface area (Å²) >= 11 is 0. The average Bonchev–Trinajstić information content (AvgIpc) is 3.07. The number of carbonyl (C=O) groups excluding carboxylic acids is 1. The Morgan fingerprint density at radius 2 is 1.75 bits per heavy atom. The molecule has 6 N–H and O–H groups in total. The number of nitrogens with one attached hydrogen (secondary N) is 1. The number of phenols is 1. The van der Waals surface area contributed by atoms with Crippen molar-refractivity contribution in [1.29, 1.82) is 0 Å². The van der Waals surface area contributed by atoms with Gasteiger partial charge < -0.3 is 16.6 Å². The number of aryl methyl sites for hydroxylation is 2. The predicted octanol–water partition coefficient (Wildman–Crippen LogP) is 3.40. The number of benzene rings is 3. The molecule has 4 rings (SSSR count). The van der Waals surface area contributed by atoms with Crippen LogP contribution in [0.25, 0.3) is 22.0 Å². The van der Waals surface area contributed by atoms with Crippen LogP contribution in [0.3, 0.4) is 0 Å². The standard InChI is InChI=1S/C22H20N4O2/c23-21-18-11-10-15(12-19(18)25-26-21)16-7-3-5-14(20(16)27)9-8-13-4-1-2-6-17(13)22(24)28/h1-7,10-12,27H,8-9H2,(H2,24,28)(H3,23,25,26). The van der Waals surface area contributed by atoms with Gasteiger partial charge in [-0.2, -0.15) is 5.10 Å². The smallest absolute Gasteiger partial charge is 0.248 e. The van der Waals surface area contributed by atoms with Gasteiger partial charge in [0.25, 0.3) is 0 Å². The first-order valence-electron chi connectivity index (χ1n) is 8.97. The number of aromatic nitrogens is 2. The number of nitrogen functional groups attached to an aromatic ring is 1. The van der Waals surface area contributed by atoms with Gasteiger partial charge in [0.1, 0.15) is 5.75 Å². The van der Waals surface area contributed by atoms with Gasteiger partial charge in [0.15, 0.2) is 5.82 Å². The topological polar surface area (TPSA) is 118 Å². The van der Waals surface area contributed by atoms with Crippen LogP contribution in [0, 0.1) is 0 Å². The zero-order chi connectivity index (χ0) is 19.7. The van der Waals surface area contributed by atoms with Crippen LogP contribution < -0.4 is 11.5 Å². The van der Waals surface area contributed by atoms with Gasteiger partial charge in [-0.05, 0) is 47.7 Å². The van der Waals surface area contributed by atoms with Crippen molar-refractivity contribution in [2.45, 2.75) is 12.8 Å². The van der Waals surface area contributed by atoms with Gasteiger partial charge in [-0.3, -0.25) is 9.89 Å². The van der Waals surface area contributed by atoms with E-state index in [0.717, 1.165) is 33.2 Å². The third kappa shape index (κ3) is 3.16. The lowest BCUT2D eigenvalue weighted by molar-refractivity contribution is 0.0999. The third-order valence-electron chi connectivity index (χ3n) is 4.97. The highest BCUT2D eigenvalue weighted by molar-refractivity contribution is 5.94. The number of hydrogen-bond acceptors (Lipinski definition) is 4. The van der Waals surface area contributed by atoms with Gasteiger partial charge in [-0.15, -0.1) is 0 Å². The second-order valence-electron chi connectivity index (χ2n) is 6.70. The number of primary amides is 1. The van der Waals surface area contributed by atoms with E-state index in [9.17, 15) is 9.90 Å². The summed E-state index contributed by atoms with van der Waals surface area (Å²) in [7, 11) is 0. The zero-order valence-corrected chi connectivity index (χ0v) is 15.1. The Balaban J connectivity index is 1.64. The third-order valence-corrected chi connectivity index (χ3v) is 4.97. The number of nitrogens with zero attached hydrogens (tertiary/aromatic N) is 1. The van der Waals surface area contributed by atoms with Gasteiger partial charge in [0.05, 0.1) is 5.52 Å². The van der Waals surface area contributed by atoms with Crippen molar-refractivity contribution in [2.24, 2.45) is 5.73 Å². The van der Waals surface area contributed by atoms with Crippen molar-refractivity contribution >= 4 is 22.6 Å². The Hall–Kier alpha value is -3.80. The van der Waals surface area contributed by atoms with Crippen LogP contribution in [0.15, 0.2) is 60.7 Å². The number of para-hydroxylation sites is 1. The van der Waals surface area contributed by atoms with Gasteiger partial charge in [-0.25, -0.2) is 0 Å². The highest BCUT2D eigenvalue weighted by Gasteiger charge is 2.13. The van der Waals surface area contributed by atoms with Crippen molar-refractivity contribution in [1.82, 2.24) is 10.2 Å². The Kier molecular flexibility index (Phi) is 4.45. The summed E-state index contributed by atoms with van der Waals surface area (Å²) in [4.78, 5) is 11.6. The molecule has 0 bridgehead atoms. The van der Waals surface area contributed by atoms with Crippen molar-refractivity contribution < 1.29 is 9.90 Å². The van der Waals surface area contributed by atoms with Crippen molar-refractivity contribution in [2.75, 3.05) is 5.73 Å². The molecule has 0 aliphatic rings. The summed E-state index contributed by atoms with van der Waals surface area (Å²) in [6.45, 7) is 0. The first-order chi connectivity index (χ1) is 13.5. The molecule has 140 valence electrons. The molecule has 1 amide bonds. The van der Waals surface area contributed by atoms with E-state index in [0.29, 0.717) is 24.2 Å². The van der Waals surface area contributed by atoms with Crippen molar-refractivity contribution in [3.05, 3.63) is 77.4 Å². The lowest BCUT2D eigenvalue weighted by Crippen LogP contribution is -2.14. The number of anilines is 1. The minimum absolute atomic E-state index is 0.228. The number of H-pyrrole nitrogens is 1. The molecule has 6 heteroatoms. The molecule has 0 saturated heterocycles. The maximum atomic E-state index is 11.6. The second-order valence-corrected chi connectivity index (χ2v) is 6.70. The first-order valence-corrected chi connectivity index (χ1v) is 8.97. The summed E-state index contributed by atoms with van der Waals surface area (Å²) < 4.78 is 0. The van der Waals surface area contributed by atoms with Gasteiger partial charge in [-0.1, -0.05) is 42.5 Å². The number of carbonyl (C=O) groups is 1. The molecule has 0 aliphatic heterocycles. The van der Waals surface area contributed by atoms with Crippen molar-refractivity contribution in [3.63, 3.8) is 0 Å². The average molecular weight is 372 g/mol. The second kappa shape index (κ2) is 7.08. The minimum atomic E-state index is -0.444. The Labute approximate surface area is 161 Å². The molecule has 0 fully saturated rings. The SMILES string of the molecule is NC(=O)c1ccccc1CCc1cccc(-c2ccc3c(N)n[nH]c3c2)c1O. The van der Waals surface area contributed by atoms with E-state index in [1.165, 1.54) is 0 Å². The molecule has 0 unspecified atom stereocenters. The molecule has 0 spiro atoms. The van der Waals surface area contributed by atoms with Gasteiger partial charge in [0, 0.05) is 16.5 Å². The molecule has 0 saturated carbocycles. The fourth-order valence-electron chi connectivity index (χ4n) is 3.48. The summed E-state index contributed by atoms with van der Waals surface area (Å²) in [6, 6.07) is 18.7. The van der Waals surface area contributed by atoms with E-state index >= 15 is 0 Å². The number of nitrogens with two attached hydrogens (primary N) is 2. The predicted molar refractivity (Wildman–Crippen MR) is 110 cm³/mol. The van der Waals surface area contributed by atoms with Crippen LogP contribution in [0.5, 0.6) is 5.75 Å². The Bertz CT molecular complexity index is 1180. The van der Waals surface area contributed by atoms with Crippen LogP contribution in [0.2, 0.25) is 0 Å². The number of aromatic amines is 1. The molecular weight excluding hydrogens is 352 g/mol. The van der Waals surface area contributed by atoms with E-state index in [-0.39, 0.29) is 5.75 Å². The normalized spacial score (nSPS) is 11.0. The summed E-state index contributed by atoms with van der Waals surface area (Å²) in [6.07, 6.45) is 1.19. The van der Waals surface area contributed by atoms with Gasteiger partial charge in [0.2, 0.25) is 5.91 Å². The fraction of sp³-hybridized carbons (Fsp3) is 0.0909. The minimum Gasteiger partial charge on any atom is -0.507 e. The van der Waals surface area contributed by atoms with Crippen molar-refractivity contribution in [3.8, 4) is 16.9 Å². The molecule has 4 aromatic rings. The number of fused-ring (bicyclic) bond motifs is 1. The summed E-state index contributed by atoms with van der Waals surface area (Å²) in [5.74, 6) is 0.235. The van der Waals surface area contributed by atoms with E-state index in [1.54, 1.807) is 12.1 Å². The monoisotopic (exact) mass is 372 g/mol. The Morgan fingerprint density at radius 3 is 2.57 bits per heavy atom. The van der Waals surface area contributed by atoms with E-state index in [2.05, 4.69) is 10.2 Å². The van der Waals surface area contributed by atoms with E-state index in [1.807, 2.05) is 48.5 Å². The first kappa shape index (κ1) is 17.6. The Morgan fingerprint density at radius 1 is 1.00 bits per heavy atom. The largest absolute Gasteiger partial charge is 0.507 e. The van der Waals surface area contributed by atoms with Crippen LogP contribution in [-0.4, -0.2) is 21.2 Å². The lowest BCUT2D eigenvalue weighted by atomic mass is 9.95. The number of phenolic OH excluding ortho intramolecular Hbond substituents is 1. The number of rotatable bonds is 5. The van der Waals surface area contributed by atoms with Crippen LogP contribution in [0.1, 0.15) is 21.5 Å². The molecule has 0 aliphatic carbocycles. The van der Waals surface area contributed by atoms with Crippen LogP contribution in [-0.2, 0) is 12.8 Å². The highest BCUT2D eigenvalue weighted by Crippen LogP contribution is 2.34. The lowest BCUT2D eigenvalue weighted by Gasteiger charge is -2.11. The fourth-order valence-corrected chi connectivity index (χ4v) is 3.48. The molecule has 1 aromatic heterocycles. The zero-order valence-electron chi connectivity index (χ0n) is 15.1. The molecule has 28 heavy (non-hydrogen) atoms. The number of aromatic hydroxyl groups is 1. The van der Waals surface area contributed by atoms with Crippen LogP contribution in [0.4, 0.5) is 5.82 Å².